The molecule has 0 spiro atoms. The third-order valence-corrected chi connectivity index (χ3v) is 4.77. The summed E-state index contributed by atoms with van der Waals surface area (Å²) in [5, 5.41) is 14.4. The summed E-state index contributed by atoms with van der Waals surface area (Å²) in [6.45, 7) is 12.3. The molecule has 7 heteroatoms. The Hall–Kier alpha value is -0.990. The lowest BCUT2D eigenvalue weighted by molar-refractivity contribution is -0.0785. The van der Waals surface area contributed by atoms with E-state index >= 15 is 0 Å². The van der Waals surface area contributed by atoms with E-state index in [1.54, 1.807) is 6.26 Å². The molecule has 0 saturated carbocycles. The highest BCUT2D eigenvalue weighted by Gasteiger charge is 2.25. The van der Waals surface area contributed by atoms with E-state index in [-0.39, 0.29) is 18.3 Å². The Morgan fingerprint density at radius 1 is 1.08 bits per heavy atom. The number of morpholine rings is 1. The summed E-state index contributed by atoms with van der Waals surface area (Å²) in [5.41, 5.74) is 0.985. The van der Waals surface area contributed by atoms with E-state index in [2.05, 4.69) is 33.7 Å². The zero-order valence-corrected chi connectivity index (χ0v) is 14.8. The van der Waals surface area contributed by atoms with E-state index in [1.807, 2.05) is 6.07 Å². The van der Waals surface area contributed by atoms with Gasteiger partial charge in [-0.2, -0.15) is 0 Å². The number of rotatable bonds is 6. The normalized spacial score (nSPS) is 29.0. The van der Waals surface area contributed by atoms with Crippen LogP contribution in [0.1, 0.15) is 19.5 Å². The van der Waals surface area contributed by atoms with Gasteiger partial charge in [-0.15, -0.1) is 0 Å². The average molecular weight is 338 g/mol. The van der Waals surface area contributed by atoms with Crippen LogP contribution in [0.5, 0.6) is 0 Å². The van der Waals surface area contributed by atoms with Crippen molar-refractivity contribution < 1.29 is 14.4 Å². The van der Waals surface area contributed by atoms with Crippen LogP contribution >= 0.6 is 0 Å². The van der Waals surface area contributed by atoms with E-state index in [9.17, 15) is 5.11 Å². The van der Waals surface area contributed by atoms with Gasteiger partial charge in [0.2, 0.25) is 0 Å². The lowest BCUT2D eigenvalue weighted by atomic mass is 10.2. The van der Waals surface area contributed by atoms with E-state index in [4.69, 9.17) is 9.26 Å². The molecule has 3 unspecified atom stereocenters. The van der Waals surface area contributed by atoms with Crippen LogP contribution in [0.3, 0.4) is 0 Å². The number of aromatic nitrogens is 1. The molecule has 2 aliphatic heterocycles. The quantitative estimate of drug-likeness (QED) is 0.798. The largest absolute Gasteiger partial charge is 0.390 e. The topological polar surface area (TPSA) is 65.2 Å². The minimum Gasteiger partial charge on any atom is -0.390 e. The standard InChI is InChI=1S/C17H30N4O3/c1-14-9-21(10-15(2)24-14)13-17(22)12-20-6-4-19(5-7-20)11-16-3-8-23-18-16/h3,8,14-15,17,22H,4-7,9-13H2,1-2H3. The highest BCUT2D eigenvalue weighted by Crippen LogP contribution is 2.12. The van der Waals surface area contributed by atoms with Gasteiger partial charge in [-0.25, -0.2) is 0 Å². The smallest absolute Gasteiger partial charge is 0.124 e. The maximum atomic E-state index is 10.4. The molecule has 2 saturated heterocycles. The highest BCUT2D eigenvalue weighted by atomic mass is 16.5. The van der Waals surface area contributed by atoms with E-state index in [0.29, 0.717) is 0 Å². The molecule has 3 heterocycles. The third kappa shape index (κ3) is 5.26. The van der Waals surface area contributed by atoms with E-state index in [1.165, 1.54) is 0 Å². The van der Waals surface area contributed by atoms with Crippen LogP contribution in [-0.4, -0.2) is 95.6 Å². The molecule has 1 aromatic heterocycles. The zero-order chi connectivity index (χ0) is 16.9. The molecular weight excluding hydrogens is 308 g/mol. The first-order valence-electron chi connectivity index (χ1n) is 8.98. The Morgan fingerprint density at radius 2 is 1.71 bits per heavy atom. The van der Waals surface area contributed by atoms with Crippen LogP contribution < -0.4 is 0 Å². The van der Waals surface area contributed by atoms with Gasteiger partial charge in [0.25, 0.3) is 0 Å². The van der Waals surface area contributed by atoms with Crippen molar-refractivity contribution >= 4 is 0 Å². The predicted octanol–water partition coefficient (Wildman–Crippen LogP) is 0.262. The van der Waals surface area contributed by atoms with E-state index in [0.717, 1.165) is 64.6 Å². The van der Waals surface area contributed by atoms with Crippen molar-refractivity contribution in [2.24, 2.45) is 0 Å². The summed E-state index contributed by atoms with van der Waals surface area (Å²) in [6, 6.07) is 1.92. The predicted molar refractivity (Wildman–Crippen MR) is 90.7 cm³/mol. The van der Waals surface area contributed by atoms with Crippen molar-refractivity contribution in [2.75, 3.05) is 52.4 Å². The first kappa shape index (κ1) is 17.8. The molecule has 136 valence electrons. The average Bonchev–Trinajstić information content (AvgIpc) is 3.01. The van der Waals surface area contributed by atoms with Gasteiger partial charge in [-0.3, -0.25) is 14.7 Å². The second kappa shape index (κ2) is 8.40. The molecule has 7 nitrogen and oxygen atoms in total. The fourth-order valence-electron chi connectivity index (χ4n) is 3.77. The molecule has 0 radical (unpaired) electrons. The number of piperazine rings is 1. The van der Waals surface area contributed by atoms with Gasteiger partial charge in [0.1, 0.15) is 6.26 Å². The Balaban J connectivity index is 1.36. The van der Waals surface area contributed by atoms with Crippen molar-refractivity contribution in [2.45, 2.75) is 38.7 Å². The maximum Gasteiger partial charge on any atom is 0.124 e. The Morgan fingerprint density at radius 3 is 2.33 bits per heavy atom. The van der Waals surface area contributed by atoms with Crippen LogP contribution in [0, 0.1) is 0 Å². The minimum absolute atomic E-state index is 0.251. The summed E-state index contributed by atoms with van der Waals surface area (Å²) in [7, 11) is 0. The number of hydrogen-bond donors (Lipinski definition) is 1. The number of aliphatic hydroxyl groups is 1. The van der Waals surface area contributed by atoms with Crippen LogP contribution in [0.2, 0.25) is 0 Å². The van der Waals surface area contributed by atoms with Gasteiger partial charge in [0.15, 0.2) is 0 Å². The second-order valence-electron chi connectivity index (χ2n) is 7.20. The van der Waals surface area contributed by atoms with Crippen LogP contribution in [0.25, 0.3) is 0 Å². The molecule has 1 N–H and O–H groups in total. The fourth-order valence-corrected chi connectivity index (χ4v) is 3.77. The number of aliphatic hydroxyl groups excluding tert-OH is 1. The summed E-state index contributed by atoms with van der Waals surface area (Å²) >= 11 is 0. The van der Waals surface area contributed by atoms with Gasteiger partial charge < -0.3 is 14.4 Å². The molecule has 24 heavy (non-hydrogen) atoms. The number of nitrogens with zero attached hydrogens (tertiary/aromatic N) is 4. The van der Waals surface area contributed by atoms with Crippen molar-refractivity contribution in [3.63, 3.8) is 0 Å². The van der Waals surface area contributed by atoms with Gasteiger partial charge >= 0.3 is 0 Å². The van der Waals surface area contributed by atoms with Crippen LogP contribution in [0.15, 0.2) is 16.9 Å². The number of ether oxygens (including phenoxy) is 1. The van der Waals surface area contributed by atoms with Gasteiger partial charge in [-0.1, -0.05) is 5.16 Å². The maximum absolute atomic E-state index is 10.4. The molecule has 3 atom stereocenters. The third-order valence-electron chi connectivity index (χ3n) is 4.77. The van der Waals surface area contributed by atoms with Crippen LogP contribution in [-0.2, 0) is 11.3 Å². The summed E-state index contributed by atoms with van der Waals surface area (Å²) in [5.74, 6) is 0. The van der Waals surface area contributed by atoms with Gasteiger partial charge in [0, 0.05) is 65.0 Å². The summed E-state index contributed by atoms with van der Waals surface area (Å²) in [6.07, 6.45) is 1.82. The Bertz CT molecular complexity index is 466. The molecule has 0 bridgehead atoms. The first-order valence-corrected chi connectivity index (χ1v) is 8.98. The molecule has 0 aromatic carbocycles. The Kier molecular flexibility index (Phi) is 6.24. The monoisotopic (exact) mass is 338 g/mol. The zero-order valence-electron chi connectivity index (χ0n) is 14.8. The fraction of sp³-hybridized carbons (Fsp3) is 0.824. The summed E-state index contributed by atoms with van der Waals surface area (Å²) < 4.78 is 10.6. The minimum atomic E-state index is -0.301. The Labute approximate surface area is 144 Å². The van der Waals surface area contributed by atoms with Crippen molar-refractivity contribution in [3.8, 4) is 0 Å². The SMILES string of the molecule is CC1CN(CC(O)CN2CCN(Cc3ccon3)CC2)CC(C)O1. The molecular formula is C17H30N4O3. The van der Waals surface area contributed by atoms with Crippen molar-refractivity contribution in [1.82, 2.24) is 19.9 Å². The number of β-amino-alcohol motifs (C(OH)–C–C–N with tert-alkyl or cyclic N) is 1. The first-order chi connectivity index (χ1) is 11.6. The highest BCUT2D eigenvalue weighted by molar-refractivity contribution is 4.95. The molecule has 2 aliphatic rings. The lowest BCUT2D eigenvalue weighted by Gasteiger charge is -2.38. The van der Waals surface area contributed by atoms with Crippen molar-refractivity contribution in [1.29, 1.82) is 0 Å². The number of hydrogen-bond acceptors (Lipinski definition) is 7. The van der Waals surface area contributed by atoms with Gasteiger partial charge in [-0.05, 0) is 13.8 Å². The van der Waals surface area contributed by atoms with Crippen LogP contribution in [0.4, 0.5) is 0 Å². The van der Waals surface area contributed by atoms with E-state index < -0.39 is 0 Å². The second-order valence-corrected chi connectivity index (χ2v) is 7.20. The van der Waals surface area contributed by atoms with Crippen molar-refractivity contribution in [3.05, 3.63) is 18.0 Å². The molecule has 0 aliphatic carbocycles. The molecule has 1 aromatic rings. The summed E-state index contributed by atoms with van der Waals surface area (Å²) in [4.78, 5) is 7.06. The molecule has 3 rings (SSSR count). The lowest BCUT2D eigenvalue weighted by Crippen LogP contribution is -2.52. The molecule has 2 fully saturated rings. The molecule has 0 amide bonds. The van der Waals surface area contributed by atoms with Gasteiger partial charge in [0.05, 0.1) is 24.0 Å².